The molecule has 17 heavy (non-hydrogen) atoms. The van der Waals surface area contributed by atoms with E-state index in [0.29, 0.717) is 12.6 Å². The minimum absolute atomic E-state index is 0.0682. The van der Waals surface area contributed by atoms with Gasteiger partial charge in [0.15, 0.2) is 5.13 Å². The van der Waals surface area contributed by atoms with Crippen LogP contribution < -0.4 is 4.90 Å². The number of methoxy groups -OCH3 is 1. The van der Waals surface area contributed by atoms with Gasteiger partial charge in [-0.2, -0.15) is 0 Å². The van der Waals surface area contributed by atoms with Crippen molar-refractivity contribution in [2.75, 3.05) is 25.2 Å². The number of hydrogen-bond donors (Lipinski definition) is 1. The lowest BCUT2D eigenvalue weighted by Crippen LogP contribution is -2.37. The summed E-state index contributed by atoms with van der Waals surface area (Å²) in [6, 6.07) is 0.489. The van der Waals surface area contributed by atoms with E-state index >= 15 is 0 Å². The quantitative estimate of drug-likeness (QED) is 0.777. The van der Waals surface area contributed by atoms with E-state index in [1.54, 1.807) is 24.6 Å². The Labute approximate surface area is 107 Å². The van der Waals surface area contributed by atoms with E-state index in [4.69, 9.17) is 9.84 Å². The van der Waals surface area contributed by atoms with Crippen LogP contribution in [0.5, 0.6) is 0 Å². The number of aromatic nitrogens is 1. The van der Waals surface area contributed by atoms with Gasteiger partial charge in [0, 0.05) is 25.9 Å². The number of hydrogen-bond acceptors (Lipinski definition) is 5. The third-order valence-corrected chi connectivity index (χ3v) is 3.88. The normalized spacial score (nSPS) is 11.1. The van der Waals surface area contributed by atoms with Crippen LogP contribution in [-0.4, -0.2) is 36.4 Å². The highest BCUT2D eigenvalue weighted by Crippen LogP contribution is 2.26. The van der Waals surface area contributed by atoms with Crippen LogP contribution in [0.1, 0.15) is 31.6 Å². The molecule has 0 saturated heterocycles. The van der Waals surface area contributed by atoms with Crippen LogP contribution in [0.2, 0.25) is 0 Å². The largest absolute Gasteiger partial charge is 0.391 e. The first-order valence-corrected chi connectivity index (χ1v) is 6.89. The molecule has 0 radical (unpaired) electrons. The molecule has 0 aliphatic rings. The van der Waals surface area contributed by atoms with Crippen LogP contribution in [0.4, 0.5) is 5.13 Å². The maximum Gasteiger partial charge on any atom is 0.185 e. The van der Waals surface area contributed by atoms with Gasteiger partial charge in [0.1, 0.15) is 0 Å². The molecular formula is C12H22N2O2S. The van der Waals surface area contributed by atoms with E-state index in [2.05, 4.69) is 23.7 Å². The lowest BCUT2D eigenvalue weighted by atomic mass is 10.1. The number of ether oxygens (including phenoxy) is 1. The van der Waals surface area contributed by atoms with Gasteiger partial charge < -0.3 is 14.7 Å². The van der Waals surface area contributed by atoms with Gasteiger partial charge in [0.2, 0.25) is 0 Å². The van der Waals surface area contributed by atoms with Gasteiger partial charge in [0.25, 0.3) is 0 Å². The van der Waals surface area contributed by atoms with E-state index in [0.717, 1.165) is 29.4 Å². The molecule has 0 aromatic carbocycles. The van der Waals surface area contributed by atoms with Crippen molar-refractivity contribution in [3.05, 3.63) is 11.1 Å². The molecule has 5 heteroatoms. The van der Waals surface area contributed by atoms with Crippen LogP contribution in [0.15, 0.2) is 6.20 Å². The summed E-state index contributed by atoms with van der Waals surface area (Å²) in [5, 5.41) is 10.1. The van der Waals surface area contributed by atoms with Gasteiger partial charge in [-0.25, -0.2) is 4.98 Å². The Bertz CT molecular complexity index is 313. The van der Waals surface area contributed by atoms with Gasteiger partial charge in [-0.15, -0.1) is 0 Å². The molecule has 4 nitrogen and oxygen atoms in total. The van der Waals surface area contributed by atoms with Gasteiger partial charge in [0.05, 0.1) is 18.1 Å². The number of anilines is 1. The fraction of sp³-hybridized carbons (Fsp3) is 0.750. The molecule has 0 spiro atoms. The van der Waals surface area contributed by atoms with Crippen molar-refractivity contribution >= 4 is 16.5 Å². The van der Waals surface area contributed by atoms with Crippen molar-refractivity contribution in [2.45, 2.75) is 39.3 Å². The van der Waals surface area contributed by atoms with Crippen molar-refractivity contribution in [1.82, 2.24) is 4.98 Å². The Morgan fingerprint density at radius 3 is 2.65 bits per heavy atom. The predicted octanol–water partition coefficient (Wildman–Crippen LogP) is 2.28. The molecule has 0 aliphatic carbocycles. The van der Waals surface area contributed by atoms with Crippen LogP contribution in [0.3, 0.4) is 0 Å². The van der Waals surface area contributed by atoms with Gasteiger partial charge >= 0.3 is 0 Å². The maximum atomic E-state index is 9.09. The number of thiazole rings is 1. The first kappa shape index (κ1) is 14.4. The summed E-state index contributed by atoms with van der Waals surface area (Å²) >= 11 is 1.56. The van der Waals surface area contributed by atoms with E-state index in [1.165, 1.54) is 0 Å². The van der Waals surface area contributed by atoms with Crippen molar-refractivity contribution in [2.24, 2.45) is 0 Å². The Kier molecular flexibility index (Phi) is 6.47. The molecule has 1 N–H and O–H groups in total. The Morgan fingerprint density at radius 1 is 1.47 bits per heavy atom. The summed E-state index contributed by atoms with van der Waals surface area (Å²) in [5.41, 5.74) is 0. The zero-order valence-electron chi connectivity index (χ0n) is 10.8. The predicted molar refractivity (Wildman–Crippen MR) is 71.6 cm³/mol. The molecular weight excluding hydrogens is 236 g/mol. The molecule has 0 saturated carbocycles. The third-order valence-electron chi connectivity index (χ3n) is 2.86. The summed E-state index contributed by atoms with van der Waals surface area (Å²) < 4.78 is 5.15. The molecule has 0 amide bonds. The standard InChI is InChI=1S/C12H22N2O2S/c1-4-10(5-2)14(6-7-16-3)12-13-8-11(9-15)17-12/h8,10,15H,4-7,9H2,1-3H3. The first-order valence-electron chi connectivity index (χ1n) is 6.07. The molecule has 1 heterocycles. The maximum absolute atomic E-state index is 9.09. The topological polar surface area (TPSA) is 45.6 Å². The van der Waals surface area contributed by atoms with Crippen LogP contribution in [-0.2, 0) is 11.3 Å². The van der Waals surface area contributed by atoms with Crippen molar-refractivity contribution < 1.29 is 9.84 Å². The second-order valence-electron chi connectivity index (χ2n) is 3.92. The second kappa shape index (κ2) is 7.63. The first-order chi connectivity index (χ1) is 8.26. The molecule has 98 valence electrons. The average molecular weight is 258 g/mol. The molecule has 1 rings (SSSR count). The zero-order valence-corrected chi connectivity index (χ0v) is 11.7. The number of nitrogens with zero attached hydrogens (tertiary/aromatic N) is 2. The molecule has 0 unspecified atom stereocenters. The highest BCUT2D eigenvalue weighted by Gasteiger charge is 2.18. The number of rotatable bonds is 8. The highest BCUT2D eigenvalue weighted by atomic mass is 32.1. The van der Waals surface area contributed by atoms with E-state index in [-0.39, 0.29) is 6.61 Å². The summed E-state index contributed by atoms with van der Waals surface area (Å²) in [6.45, 7) is 5.99. The van der Waals surface area contributed by atoms with Crippen LogP contribution >= 0.6 is 11.3 Å². The third kappa shape index (κ3) is 3.94. The van der Waals surface area contributed by atoms with E-state index < -0.39 is 0 Å². The highest BCUT2D eigenvalue weighted by molar-refractivity contribution is 7.15. The molecule has 0 atom stereocenters. The lowest BCUT2D eigenvalue weighted by molar-refractivity contribution is 0.202. The van der Waals surface area contributed by atoms with E-state index in [1.807, 2.05) is 0 Å². The fourth-order valence-electron chi connectivity index (χ4n) is 1.86. The van der Waals surface area contributed by atoms with Crippen molar-refractivity contribution in [3.63, 3.8) is 0 Å². The summed E-state index contributed by atoms with van der Waals surface area (Å²) in [6.07, 6.45) is 3.94. The Morgan fingerprint density at radius 2 is 2.18 bits per heavy atom. The minimum atomic E-state index is 0.0682. The summed E-state index contributed by atoms with van der Waals surface area (Å²) in [7, 11) is 1.71. The van der Waals surface area contributed by atoms with Crippen LogP contribution in [0, 0.1) is 0 Å². The molecule has 0 aliphatic heterocycles. The van der Waals surface area contributed by atoms with Gasteiger partial charge in [-0.3, -0.25) is 0 Å². The monoisotopic (exact) mass is 258 g/mol. The smallest absolute Gasteiger partial charge is 0.185 e. The fourth-order valence-corrected chi connectivity index (χ4v) is 2.72. The van der Waals surface area contributed by atoms with Gasteiger partial charge in [-0.1, -0.05) is 25.2 Å². The average Bonchev–Trinajstić information content (AvgIpc) is 2.83. The summed E-state index contributed by atoms with van der Waals surface area (Å²) in [4.78, 5) is 7.58. The number of aliphatic hydroxyl groups excluding tert-OH is 1. The Balaban J connectivity index is 2.80. The lowest BCUT2D eigenvalue weighted by Gasteiger charge is -2.29. The van der Waals surface area contributed by atoms with Crippen molar-refractivity contribution in [1.29, 1.82) is 0 Å². The van der Waals surface area contributed by atoms with Gasteiger partial charge in [-0.05, 0) is 12.8 Å². The van der Waals surface area contributed by atoms with Crippen molar-refractivity contribution in [3.8, 4) is 0 Å². The minimum Gasteiger partial charge on any atom is -0.391 e. The Hall–Kier alpha value is -0.650. The van der Waals surface area contributed by atoms with Crippen LogP contribution in [0.25, 0.3) is 0 Å². The second-order valence-corrected chi connectivity index (χ2v) is 5.02. The number of aliphatic hydroxyl groups is 1. The molecule has 1 aromatic rings. The SMILES string of the molecule is CCC(CC)N(CCOC)c1ncc(CO)s1. The van der Waals surface area contributed by atoms with E-state index in [9.17, 15) is 0 Å². The molecule has 0 fully saturated rings. The summed E-state index contributed by atoms with van der Waals surface area (Å²) in [5.74, 6) is 0. The molecule has 0 bridgehead atoms. The molecule has 1 aromatic heterocycles. The zero-order chi connectivity index (χ0) is 12.7.